The molecular weight excluding hydrogens is 316 g/mol. The van der Waals surface area contributed by atoms with E-state index in [1.165, 1.54) is 16.7 Å². The van der Waals surface area contributed by atoms with Crippen LogP contribution in [0.25, 0.3) is 0 Å². The van der Waals surface area contributed by atoms with E-state index in [0.29, 0.717) is 11.7 Å². The zero-order valence-corrected chi connectivity index (χ0v) is 15.5. The standard InChI is InChI=1S/C20H26N2OS/c1-4-23-19-10-6-5-8-17(19)9-7-13-21-20(24)22-18-12-11-15(2)16(3)14-18/h5-6,8,10-12,14H,4,7,9,13H2,1-3H3,(H2,21,22,24). The zero-order valence-electron chi connectivity index (χ0n) is 14.7. The fraction of sp³-hybridized carbons (Fsp3) is 0.350. The summed E-state index contributed by atoms with van der Waals surface area (Å²) in [6.07, 6.45) is 1.97. The molecule has 0 bridgehead atoms. The molecule has 0 atom stereocenters. The van der Waals surface area contributed by atoms with E-state index in [2.05, 4.69) is 54.8 Å². The minimum Gasteiger partial charge on any atom is -0.494 e. The van der Waals surface area contributed by atoms with Crippen molar-refractivity contribution in [3.05, 3.63) is 59.2 Å². The fourth-order valence-electron chi connectivity index (χ4n) is 2.48. The lowest BCUT2D eigenvalue weighted by Gasteiger charge is -2.13. The Balaban J connectivity index is 1.76. The second-order valence-corrected chi connectivity index (χ2v) is 6.23. The van der Waals surface area contributed by atoms with Gasteiger partial charge in [-0.3, -0.25) is 0 Å². The van der Waals surface area contributed by atoms with Gasteiger partial charge in [0.05, 0.1) is 6.61 Å². The maximum Gasteiger partial charge on any atom is 0.170 e. The van der Waals surface area contributed by atoms with E-state index in [-0.39, 0.29) is 0 Å². The predicted octanol–water partition coefficient (Wildman–Crippen LogP) is 4.62. The molecule has 24 heavy (non-hydrogen) atoms. The van der Waals surface area contributed by atoms with Crippen LogP contribution in [0.1, 0.15) is 30.0 Å². The minimum absolute atomic E-state index is 0.663. The smallest absolute Gasteiger partial charge is 0.170 e. The fourth-order valence-corrected chi connectivity index (χ4v) is 2.70. The number of thiocarbonyl (C=S) groups is 1. The van der Waals surface area contributed by atoms with Gasteiger partial charge < -0.3 is 15.4 Å². The Bertz CT molecular complexity index is 685. The third kappa shape index (κ3) is 5.53. The molecule has 0 aliphatic rings. The van der Waals surface area contributed by atoms with Crippen molar-refractivity contribution in [3.8, 4) is 5.75 Å². The SMILES string of the molecule is CCOc1ccccc1CCCNC(=S)Nc1ccc(C)c(C)c1. The molecule has 2 N–H and O–H groups in total. The number of ether oxygens (including phenoxy) is 1. The van der Waals surface area contributed by atoms with Crippen molar-refractivity contribution >= 4 is 23.0 Å². The average molecular weight is 343 g/mol. The average Bonchev–Trinajstić information content (AvgIpc) is 2.57. The number of hydrogen-bond acceptors (Lipinski definition) is 2. The van der Waals surface area contributed by atoms with Crippen LogP contribution in [-0.4, -0.2) is 18.3 Å². The van der Waals surface area contributed by atoms with Gasteiger partial charge in [0, 0.05) is 12.2 Å². The van der Waals surface area contributed by atoms with Crippen LogP contribution in [-0.2, 0) is 6.42 Å². The molecule has 2 aromatic carbocycles. The minimum atomic E-state index is 0.663. The molecule has 0 fully saturated rings. The number of anilines is 1. The summed E-state index contributed by atoms with van der Waals surface area (Å²) >= 11 is 5.36. The number of nitrogens with one attached hydrogen (secondary N) is 2. The number of para-hydroxylation sites is 1. The summed E-state index contributed by atoms with van der Waals surface area (Å²) in [6.45, 7) is 7.74. The molecule has 2 rings (SSSR count). The number of aryl methyl sites for hydroxylation is 3. The Morgan fingerprint density at radius 1 is 1.08 bits per heavy atom. The molecular formula is C20H26N2OS. The van der Waals surface area contributed by atoms with Crippen molar-refractivity contribution in [1.82, 2.24) is 5.32 Å². The van der Waals surface area contributed by atoms with E-state index in [1.807, 2.05) is 19.1 Å². The molecule has 0 unspecified atom stereocenters. The van der Waals surface area contributed by atoms with Crippen LogP contribution in [0, 0.1) is 13.8 Å². The maximum atomic E-state index is 5.66. The normalized spacial score (nSPS) is 10.3. The summed E-state index contributed by atoms with van der Waals surface area (Å²) in [5, 5.41) is 7.17. The summed E-state index contributed by atoms with van der Waals surface area (Å²) < 4.78 is 5.66. The van der Waals surface area contributed by atoms with Gasteiger partial charge in [-0.05, 0) is 80.7 Å². The van der Waals surface area contributed by atoms with Crippen molar-refractivity contribution in [1.29, 1.82) is 0 Å². The van der Waals surface area contributed by atoms with Gasteiger partial charge >= 0.3 is 0 Å². The van der Waals surface area contributed by atoms with Crippen LogP contribution in [0.2, 0.25) is 0 Å². The van der Waals surface area contributed by atoms with Crippen molar-refractivity contribution in [2.45, 2.75) is 33.6 Å². The summed E-state index contributed by atoms with van der Waals surface area (Å²) in [6, 6.07) is 14.5. The van der Waals surface area contributed by atoms with Gasteiger partial charge in [0.15, 0.2) is 5.11 Å². The van der Waals surface area contributed by atoms with Crippen LogP contribution < -0.4 is 15.4 Å². The zero-order chi connectivity index (χ0) is 17.4. The Hall–Kier alpha value is -2.07. The Morgan fingerprint density at radius 2 is 1.88 bits per heavy atom. The summed E-state index contributed by atoms with van der Waals surface area (Å²) in [4.78, 5) is 0. The van der Waals surface area contributed by atoms with E-state index in [4.69, 9.17) is 17.0 Å². The molecule has 0 saturated heterocycles. The monoisotopic (exact) mass is 342 g/mol. The molecule has 0 amide bonds. The molecule has 0 heterocycles. The van der Waals surface area contributed by atoms with Gasteiger partial charge in [-0.2, -0.15) is 0 Å². The van der Waals surface area contributed by atoms with Crippen LogP contribution >= 0.6 is 12.2 Å². The summed E-state index contributed by atoms with van der Waals surface area (Å²) in [7, 11) is 0. The molecule has 0 aliphatic heterocycles. The first-order chi connectivity index (χ1) is 11.6. The molecule has 3 nitrogen and oxygen atoms in total. The first-order valence-corrected chi connectivity index (χ1v) is 8.83. The van der Waals surface area contributed by atoms with Crippen LogP contribution in [0.5, 0.6) is 5.75 Å². The number of rotatable bonds is 7. The quantitative estimate of drug-likeness (QED) is 0.568. The highest BCUT2D eigenvalue weighted by Crippen LogP contribution is 2.19. The molecule has 0 radical (unpaired) electrons. The third-order valence-electron chi connectivity index (χ3n) is 3.95. The first-order valence-electron chi connectivity index (χ1n) is 8.43. The molecule has 2 aromatic rings. The van der Waals surface area contributed by atoms with Crippen molar-refractivity contribution in [3.63, 3.8) is 0 Å². The van der Waals surface area contributed by atoms with Gasteiger partial charge in [-0.1, -0.05) is 24.3 Å². The lowest BCUT2D eigenvalue weighted by atomic mass is 10.1. The highest BCUT2D eigenvalue weighted by molar-refractivity contribution is 7.80. The van der Waals surface area contributed by atoms with E-state index in [1.54, 1.807) is 0 Å². The Kier molecular flexibility index (Phi) is 7.07. The van der Waals surface area contributed by atoms with Crippen LogP contribution in [0.3, 0.4) is 0 Å². The summed E-state index contributed by atoms with van der Waals surface area (Å²) in [5.74, 6) is 0.982. The van der Waals surface area contributed by atoms with E-state index in [0.717, 1.165) is 30.8 Å². The van der Waals surface area contributed by atoms with Crippen molar-refractivity contribution in [2.24, 2.45) is 0 Å². The van der Waals surface area contributed by atoms with Crippen molar-refractivity contribution in [2.75, 3.05) is 18.5 Å². The number of benzene rings is 2. The Labute approximate surface area is 150 Å². The second-order valence-electron chi connectivity index (χ2n) is 5.82. The predicted molar refractivity (Wildman–Crippen MR) is 106 cm³/mol. The van der Waals surface area contributed by atoms with Crippen molar-refractivity contribution < 1.29 is 4.74 Å². The first kappa shape index (κ1) is 18.3. The molecule has 0 saturated carbocycles. The molecule has 128 valence electrons. The highest BCUT2D eigenvalue weighted by atomic mass is 32.1. The maximum absolute atomic E-state index is 5.66. The van der Waals surface area contributed by atoms with Gasteiger partial charge in [0.25, 0.3) is 0 Å². The molecule has 4 heteroatoms. The van der Waals surface area contributed by atoms with Gasteiger partial charge in [0.2, 0.25) is 0 Å². The lowest BCUT2D eigenvalue weighted by Crippen LogP contribution is -2.29. The highest BCUT2D eigenvalue weighted by Gasteiger charge is 2.03. The van der Waals surface area contributed by atoms with E-state index < -0.39 is 0 Å². The Morgan fingerprint density at radius 3 is 2.62 bits per heavy atom. The second kappa shape index (κ2) is 9.28. The van der Waals surface area contributed by atoms with Crippen LogP contribution in [0.15, 0.2) is 42.5 Å². The molecule has 0 spiro atoms. The molecule has 0 aliphatic carbocycles. The summed E-state index contributed by atoms with van der Waals surface area (Å²) in [5.41, 5.74) is 4.81. The van der Waals surface area contributed by atoms with Gasteiger partial charge in [0.1, 0.15) is 5.75 Å². The van der Waals surface area contributed by atoms with Crippen LogP contribution in [0.4, 0.5) is 5.69 Å². The van der Waals surface area contributed by atoms with Gasteiger partial charge in [-0.15, -0.1) is 0 Å². The van der Waals surface area contributed by atoms with E-state index >= 15 is 0 Å². The number of hydrogen-bond donors (Lipinski definition) is 2. The van der Waals surface area contributed by atoms with Gasteiger partial charge in [-0.25, -0.2) is 0 Å². The lowest BCUT2D eigenvalue weighted by molar-refractivity contribution is 0.336. The third-order valence-corrected chi connectivity index (χ3v) is 4.19. The molecule has 0 aromatic heterocycles. The van der Waals surface area contributed by atoms with E-state index in [9.17, 15) is 0 Å². The topological polar surface area (TPSA) is 33.3 Å². The largest absolute Gasteiger partial charge is 0.494 e.